The molecule has 0 saturated heterocycles. The van der Waals surface area contributed by atoms with Gasteiger partial charge in [0.05, 0.1) is 0 Å². The minimum absolute atomic E-state index is 0.280. The van der Waals surface area contributed by atoms with E-state index in [4.69, 9.17) is 18.0 Å². The number of thiocarbonyl (C=S) groups is 1. The molecule has 20 heavy (non-hydrogen) atoms. The molecule has 0 radical (unpaired) electrons. The molecule has 2 aromatic rings. The van der Waals surface area contributed by atoms with Gasteiger partial charge in [-0.25, -0.2) is 4.39 Å². The van der Waals surface area contributed by atoms with E-state index >= 15 is 0 Å². The lowest BCUT2D eigenvalue weighted by Gasteiger charge is -2.18. The minimum atomic E-state index is -0.280. The molecule has 0 aliphatic rings. The average Bonchev–Trinajstić information content (AvgIpc) is 2.39. The van der Waals surface area contributed by atoms with Gasteiger partial charge in [-0.1, -0.05) is 12.2 Å². The summed E-state index contributed by atoms with van der Waals surface area (Å²) in [7, 11) is 1.97. The van der Waals surface area contributed by atoms with Gasteiger partial charge in [0.15, 0.2) is 0 Å². The smallest absolute Gasteiger partial charge is 0.123 e. The second-order valence-corrected chi connectivity index (χ2v) is 5.13. The molecule has 0 bridgehead atoms. The van der Waals surface area contributed by atoms with Crippen LogP contribution in [0.1, 0.15) is 16.7 Å². The summed E-state index contributed by atoms with van der Waals surface area (Å²) in [6.07, 6.45) is 3.51. The van der Waals surface area contributed by atoms with Crippen molar-refractivity contribution in [2.45, 2.75) is 13.1 Å². The van der Waals surface area contributed by atoms with Crippen LogP contribution in [0.3, 0.4) is 0 Å². The highest BCUT2D eigenvalue weighted by molar-refractivity contribution is 7.80. The Morgan fingerprint density at radius 3 is 2.60 bits per heavy atom. The number of nitrogens with two attached hydrogens (primary N) is 1. The predicted molar refractivity (Wildman–Crippen MR) is 81.7 cm³/mol. The molecule has 2 N–H and O–H groups in total. The Hall–Kier alpha value is -1.85. The summed E-state index contributed by atoms with van der Waals surface area (Å²) in [5, 5.41) is 0. The van der Waals surface area contributed by atoms with Crippen LogP contribution in [0.25, 0.3) is 0 Å². The third-order valence-electron chi connectivity index (χ3n) is 2.97. The fraction of sp³-hybridized carbons (Fsp3) is 0.200. The van der Waals surface area contributed by atoms with E-state index in [1.54, 1.807) is 18.5 Å². The Kier molecular flexibility index (Phi) is 4.76. The van der Waals surface area contributed by atoms with Crippen molar-refractivity contribution in [3.8, 4) is 0 Å². The van der Waals surface area contributed by atoms with Gasteiger partial charge in [0, 0.05) is 31.0 Å². The highest BCUT2D eigenvalue weighted by Gasteiger charge is 2.09. The summed E-state index contributed by atoms with van der Waals surface area (Å²) in [4.78, 5) is 6.35. The quantitative estimate of drug-likeness (QED) is 0.859. The topological polar surface area (TPSA) is 42.2 Å². The van der Waals surface area contributed by atoms with Gasteiger partial charge in [0.1, 0.15) is 10.8 Å². The standard InChI is InChI=1S/C15H16FN3S/c1-19(9-11-4-6-18-7-5-11)10-12-8-13(16)2-3-14(12)15(17)20/h2-8H,9-10H2,1H3,(H2,17,20). The molecule has 2 rings (SSSR count). The summed E-state index contributed by atoms with van der Waals surface area (Å²) in [6, 6.07) is 8.40. The van der Waals surface area contributed by atoms with Crippen molar-refractivity contribution >= 4 is 17.2 Å². The molecule has 0 atom stereocenters. The van der Waals surface area contributed by atoms with Gasteiger partial charge >= 0.3 is 0 Å². The van der Waals surface area contributed by atoms with E-state index in [9.17, 15) is 4.39 Å². The SMILES string of the molecule is CN(Cc1ccncc1)Cc1cc(F)ccc1C(N)=S. The molecule has 5 heteroatoms. The van der Waals surface area contributed by atoms with Gasteiger partial charge in [-0.15, -0.1) is 0 Å². The molecular formula is C15H16FN3S. The first-order valence-electron chi connectivity index (χ1n) is 6.22. The third kappa shape index (κ3) is 3.82. The Bertz CT molecular complexity index is 601. The first-order valence-corrected chi connectivity index (χ1v) is 6.63. The molecule has 1 aromatic carbocycles. The number of hydrogen-bond acceptors (Lipinski definition) is 3. The number of pyridine rings is 1. The van der Waals surface area contributed by atoms with Crippen LogP contribution in [0.4, 0.5) is 4.39 Å². The summed E-state index contributed by atoms with van der Waals surface area (Å²) in [5.41, 5.74) is 8.35. The largest absolute Gasteiger partial charge is 0.389 e. The summed E-state index contributed by atoms with van der Waals surface area (Å²) < 4.78 is 13.4. The Labute approximate surface area is 123 Å². The summed E-state index contributed by atoms with van der Waals surface area (Å²) >= 11 is 5.00. The number of rotatable bonds is 5. The third-order valence-corrected chi connectivity index (χ3v) is 3.19. The van der Waals surface area contributed by atoms with Gasteiger partial charge in [0.25, 0.3) is 0 Å². The number of aromatic nitrogens is 1. The zero-order chi connectivity index (χ0) is 14.5. The number of halogens is 1. The van der Waals surface area contributed by atoms with E-state index in [-0.39, 0.29) is 10.8 Å². The highest BCUT2D eigenvalue weighted by Crippen LogP contribution is 2.15. The second kappa shape index (κ2) is 6.54. The van der Waals surface area contributed by atoms with Crippen molar-refractivity contribution in [3.05, 3.63) is 65.2 Å². The van der Waals surface area contributed by atoms with E-state index in [0.717, 1.165) is 23.2 Å². The van der Waals surface area contributed by atoms with Gasteiger partial charge in [-0.2, -0.15) is 0 Å². The Morgan fingerprint density at radius 2 is 1.95 bits per heavy atom. The Morgan fingerprint density at radius 1 is 1.25 bits per heavy atom. The molecule has 0 spiro atoms. The van der Waals surface area contributed by atoms with E-state index in [1.165, 1.54) is 12.1 Å². The van der Waals surface area contributed by atoms with E-state index in [0.29, 0.717) is 6.54 Å². The molecular weight excluding hydrogens is 273 g/mol. The van der Waals surface area contributed by atoms with Crippen LogP contribution < -0.4 is 5.73 Å². The molecule has 0 fully saturated rings. The first-order chi connectivity index (χ1) is 9.56. The summed E-state index contributed by atoms with van der Waals surface area (Å²) in [5.74, 6) is -0.280. The lowest BCUT2D eigenvalue weighted by Crippen LogP contribution is -2.21. The number of nitrogens with zero attached hydrogens (tertiary/aromatic N) is 2. The predicted octanol–water partition coefficient (Wildman–Crippen LogP) is 2.49. The zero-order valence-corrected chi connectivity index (χ0v) is 12.0. The Balaban J connectivity index is 2.13. The van der Waals surface area contributed by atoms with Crippen LogP contribution in [0, 0.1) is 5.82 Å². The maximum atomic E-state index is 13.4. The van der Waals surface area contributed by atoms with Crippen LogP contribution in [0.15, 0.2) is 42.7 Å². The van der Waals surface area contributed by atoms with Crippen LogP contribution in [0.5, 0.6) is 0 Å². The number of benzene rings is 1. The number of hydrogen-bond donors (Lipinski definition) is 1. The lowest BCUT2D eigenvalue weighted by molar-refractivity contribution is 0.318. The molecule has 0 aliphatic heterocycles. The van der Waals surface area contributed by atoms with E-state index < -0.39 is 0 Å². The van der Waals surface area contributed by atoms with Crippen molar-refractivity contribution in [1.82, 2.24) is 9.88 Å². The molecule has 1 aromatic heterocycles. The molecule has 0 unspecified atom stereocenters. The van der Waals surface area contributed by atoms with Gasteiger partial charge < -0.3 is 5.73 Å². The van der Waals surface area contributed by atoms with Crippen molar-refractivity contribution < 1.29 is 4.39 Å². The first kappa shape index (κ1) is 14.6. The van der Waals surface area contributed by atoms with Gasteiger partial charge in [-0.3, -0.25) is 9.88 Å². The molecule has 0 saturated carbocycles. The van der Waals surface area contributed by atoms with Crippen molar-refractivity contribution in [3.63, 3.8) is 0 Å². The molecule has 3 nitrogen and oxygen atoms in total. The molecule has 0 aliphatic carbocycles. The van der Waals surface area contributed by atoms with E-state index in [1.807, 2.05) is 19.2 Å². The fourth-order valence-corrected chi connectivity index (χ4v) is 2.28. The second-order valence-electron chi connectivity index (χ2n) is 4.69. The monoisotopic (exact) mass is 289 g/mol. The van der Waals surface area contributed by atoms with Crippen LogP contribution in [-0.4, -0.2) is 21.9 Å². The highest BCUT2D eigenvalue weighted by atomic mass is 32.1. The van der Waals surface area contributed by atoms with Crippen molar-refractivity contribution in [2.24, 2.45) is 5.73 Å². The van der Waals surface area contributed by atoms with Gasteiger partial charge in [-0.05, 0) is 48.5 Å². The normalized spacial score (nSPS) is 10.8. The minimum Gasteiger partial charge on any atom is -0.389 e. The lowest BCUT2D eigenvalue weighted by atomic mass is 10.1. The fourth-order valence-electron chi connectivity index (χ4n) is 2.08. The molecule has 104 valence electrons. The van der Waals surface area contributed by atoms with E-state index in [2.05, 4.69) is 9.88 Å². The van der Waals surface area contributed by atoms with Crippen LogP contribution >= 0.6 is 12.2 Å². The molecule has 1 heterocycles. The van der Waals surface area contributed by atoms with Crippen molar-refractivity contribution in [2.75, 3.05) is 7.05 Å². The maximum absolute atomic E-state index is 13.4. The average molecular weight is 289 g/mol. The van der Waals surface area contributed by atoms with Gasteiger partial charge in [0.2, 0.25) is 0 Å². The van der Waals surface area contributed by atoms with Crippen molar-refractivity contribution in [1.29, 1.82) is 0 Å². The summed E-state index contributed by atoms with van der Waals surface area (Å²) in [6.45, 7) is 1.32. The zero-order valence-electron chi connectivity index (χ0n) is 11.2. The maximum Gasteiger partial charge on any atom is 0.123 e. The van der Waals surface area contributed by atoms with Crippen LogP contribution in [-0.2, 0) is 13.1 Å². The van der Waals surface area contributed by atoms with Crippen LogP contribution in [0.2, 0.25) is 0 Å². The molecule has 0 amide bonds.